The van der Waals surface area contributed by atoms with Crippen LogP contribution in [0.15, 0.2) is 18.2 Å². The van der Waals surface area contributed by atoms with Crippen molar-refractivity contribution in [1.29, 1.82) is 0 Å². The maximum absolute atomic E-state index is 11.6. The number of nitro groups is 1. The van der Waals surface area contributed by atoms with Crippen LogP contribution in [-0.2, 0) is 9.59 Å². The molecule has 1 aromatic rings. The highest BCUT2D eigenvalue weighted by Crippen LogP contribution is 2.24. The van der Waals surface area contributed by atoms with Crippen molar-refractivity contribution < 1.29 is 24.4 Å². The summed E-state index contributed by atoms with van der Waals surface area (Å²) in [5, 5.41) is 24.6. The zero-order valence-electron chi connectivity index (χ0n) is 10.7. The van der Waals surface area contributed by atoms with E-state index in [0.717, 1.165) is 12.1 Å². The van der Waals surface area contributed by atoms with Crippen molar-refractivity contribution in [3.63, 3.8) is 0 Å². The van der Waals surface area contributed by atoms with Crippen LogP contribution in [0.2, 0.25) is 0 Å². The third-order valence-electron chi connectivity index (χ3n) is 3.00. The zero-order chi connectivity index (χ0) is 15.6. The van der Waals surface area contributed by atoms with Gasteiger partial charge in [0.05, 0.1) is 4.92 Å². The van der Waals surface area contributed by atoms with Crippen LogP contribution >= 0.6 is 0 Å². The van der Waals surface area contributed by atoms with Gasteiger partial charge in [-0.15, -0.1) is 0 Å². The van der Waals surface area contributed by atoms with E-state index in [2.05, 4.69) is 10.6 Å². The molecule has 1 aliphatic rings. The summed E-state index contributed by atoms with van der Waals surface area (Å²) in [6.07, 6.45) is 0.428. The molecule has 1 saturated heterocycles. The van der Waals surface area contributed by atoms with E-state index >= 15 is 0 Å². The SMILES string of the molecule is O=C1CCC(Nc2ccc(C(=O)O)c([N+](=O)[O-])c2)C(=O)N1. The average Bonchev–Trinajstić information content (AvgIpc) is 2.41. The molecule has 0 saturated carbocycles. The standard InChI is InChI=1S/C12H11N3O6/c16-10-4-3-8(11(17)14-10)13-6-1-2-7(12(18)19)9(5-6)15(20)21/h1-2,5,8,13H,3-4H2,(H,18,19)(H,14,16,17). The summed E-state index contributed by atoms with van der Waals surface area (Å²) in [6, 6.07) is 2.78. The van der Waals surface area contributed by atoms with E-state index in [-0.39, 0.29) is 24.4 Å². The molecule has 0 radical (unpaired) electrons. The summed E-state index contributed by atoms with van der Waals surface area (Å²) in [4.78, 5) is 43.6. The number of nitro benzene ring substituents is 1. The Hall–Kier alpha value is -2.97. The number of anilines is 1. The van der Waals surface area contributed by atoms with Crippen LogP contribution in [0.1, 0.15) is 23.2 Å². The smallest absolute Gasteiger partial charge is 0.342 e. The number of nitrogens with zero attached hydrogens (tertiary/aromatic N) is 1. The molecule has 2 amide bonds. The second-order valence-corrected chi connectivity index (χ2v) is 4.44. The van der Waals surface area contributed by atoms with Gasteiger partial charge in [-0.1, -0.05) is 0 Å². The second kappa shape index (κ2) is 5.57. The summed E-state index contributed by atoms with van der Waals surface area (Å²) in [6.45, 7) is 0. The van der Waals surface area contributed by atoms with Crippen molar-refractivity contribution in [1.82, 2.24) is 5.32 Å². The number of aromatic carboxylic acids is 1. The topological polar surface area (TPSA) is 139 Å². The largest absolute Gasteiger partial charge is 0.477 e. The molecule has 2 rings (SSSR count). The first-order valence-electron chi connectivity index (χ1n) is 6.00. The molecule has 1 atom stereocenters. The van der Waals surface area contributed by atoms with Crippen LogP contribution in [0.25, 0.3) is 0 Å². The molecule has 21 heavy (non-hydrogen) atoms. The molecule has 0 aromatic heterocycles. The molecule has 1 heterocycles. The third kappa shape index (κ3) is 3.14. The van der Waals surface area contributed by atoms with Crippen LogP contribution in [0.5, 0.6) is 0 Å². The molecular weight excluding hydrogens is 282 g/mol. The molecule has 0 bridgehead atoms. The number of carbonyl (C=O) groups is 3. The minimum atomic E-state index is -1.41. The Balaban J connectivity index is 2.23. The lowest BCUT2D eigenvalue weighted by Gasteiger charge is -2.22. The van der Waals surface area contributed by atoms with Gasteiger partial charge < -0.3 is 10.4 Å². The van der Waals surface area contributed by atoms with Gasteiger partial charge in [0.2, 0.25) is 11.8 Å². The number of carboxylic acids is 1. The molecule has 1 aromatic carbocycles. The zero-order valence-corrected chi connectivity index (χ0v) is 10.7. The first kappa shape index (κ1) is 14.4. The molecule has 1 fully saturated rings. The highest BCUT2D eigenvalue weighted by atomic mass is 16.6. The van der Waals surface area contributed by atoms with Gasteiger partial charge in [-0.25, -0.2) is 4.79 Å². The number of imide groups is 1. The highest BCUT2D eigenvalue weighted by Gasteiger charge is 2.27. The Kier molecular flexibility index (Phi) is 3.83. The van der Waals surface area contributed by atoms with Gasteiger partial charge >= 0.3 is 5.97 Å². The fourth-order valence-corrected chi connectivity index (χ4v) is 1.99. The van der Waals surface area contributed by atoms with Gasteiger partial charge in [0.1, 0.15) is 11.6 Å². The van der Waals surface area contributed by atoms with Crippen LogP contribution in [0.4, 0.5) is 11.4 Å². The van der Waals surface area contributed by atoms with Crippen molar-refractivity contribution in [2.45, 2.75) is 18.9 Å². The lowest BCUT2D eigenvalue weighted by molar-refractivity contribution is -0.385. The molecule has 9 heteroatoms. The first-order chi connectivity index (χ1) is 9.88. The predicted molar refractivity (Wildman–Crippen MR) is 69.9 cm³/mol. The van der Waals surface area contributed by atoms with Gasteiger partial charge in [0.25, 0.3) is 5.69 Å². The quantitative estimate of drug-likeness (QED) is 0.417. The number of hydrogen-bond donors (Lipinski definition) is 3. The van der Waals surface area contributed by atoms with E-state index in [1.807, 2.05) is 0 Å². The van der Waals surface area contributed by atoms with Crippen molar-refractivity contribution in [2.75, 3.05) is 5.32 Å². The highest BCUT2D eigenvalue weighted by molar-refractivity contribution is 6.01. The van der Waals surface area contributed by atoms with E-state index in [9.17, 15) is 24.5 Å². The first-order valence-corrected chi connectivity index (χ1v) is 6.00. The number of piperidine rings is 1. The maximum Gasteiger partial charge on any atom is 0.342 e. The van der Waals surface area contributed by atoms with Gasteiger partial charge in [-0.2, -0.15) is 0 Å². The third-order valence-corrected chi connectivity index (χ3v) is 3.00. The van der Waals surface area contributed by atoms with E-state index in [4.69, 9.17) is 5.11 Å². The van der Waals surface area contributed by atoms with Crippen molar-refractivity contribution >= 4 is 29.2 Å². The second-order valence-electron chi connectivity index (χ2n) is 4.44. The lowest BCUT2D eigenvalue weighted by atomic mass is 10.1. The summed E-state index contributed by atoms with van der Waals surface area (Å²) in [5.74, 6) is -2.30. The molecule has 1 unspecified atom stereocenters. The molecular formula is C12H11N3O6. The van der Waals surface area contributed by atoms with E-state index in [0.29, 0.717) is 0 Å². The van der Waals surface area contributed by atoms with Crippen molar-refractivity contribution in [2.24, 2.45) is 0 Å². The monoisotopic (exact) mass is 293 g/mol. The van der Waals surface area contributed by atoms with Crippen molar-refractivity contribution in [3.8, 4) is 0 Å². The van der Waals surface area contributed by atoms with Gasteiger partial charge in [-0.3, -0.25) is 25.0 Å². The summed E-state index contributed by atoms with van der Waals surface area (Å²) >= 11 is 0. The maximum atomic E-state index is 11.6. The molecule has 9 nitrogen and oxygen atoms in total. The van der Waals surface area contributed by atoms with Crippen molar-refractivity contribution in [3.05, 3.63) is 33.9 Å². The van der Waals surface area contributed by atoms with E-state index < -0.39 is 34.1 Å². The Morgan fingerprint density at radius 3 is 2.71 bits per heavy atom. The van der Waals surface area contributed by atoms with Gasteiger partial charge in [-0.05, 0) is 18.6 Å². The van der Waals surface area contributed by atoms with Crippen LogP contribution in [-0.4, -0.2) is 33.9 Å². The Labute approximate surface area is 118 Å². The normalized spacial score (nSPS) is 18.0. The summed E-state index contributed by atoms with van der Waals surface area (Å²) in [5.41, 5.74) is -0.769. The minimum absolute atomic E-state index is 0.165. The molecule has 0 aliphatic carbocycles. The molecule has 110 valence electrons. The molecule has 0 spiro atoms. The minimum Gasteiger partial charge on any atom is -0.477 e. The Morgan fingerprint density at radius 1 is 1.43 bits per heavy atom. The van der Waals surface area contributed by atoms with E-state index in [1.165, 1.54) is 6.07 Å². The number of hydrogen-bond acceptors (Lipinski definition) is 6. The fourth-order valence-electron chi connectivity index (χ4n) is 1.99. The molecule has 1 aliphatic heterocycles. The number of amides is 2. The Bertz CT molecular complexity index is 642. The molecule has 3 N–H and O–H groups in total. The number of carbonyl (C=O) groups excluding carboxylic acids is 2. The summed E-state index contributed by atoms with van der Waals surface area (Å²) in [7, 11) is 0. The van der Waals surface area contributed by atoms with Crippen LogP contribution in [0.3, 0.4) is 0 Å². The Morgan fingerprint density at radius 2 is 2.14 bits per heavy atom. The number of carboxylic acid groups (broad SMARTS) is 1. The summed E-state index contributed by atoms with van der Waals surface area (Å²) < 4.78 is 0. The van der Waals surface area contributed by atoms with Gasteiger partial charge in [0.15, 0.2) is 0 Å². The lowest BCUT2D eigenvalue weighted by Crippen LogP contribution is -2.47. The predicted octanol–water partition coefficient (Wildman–Crippen LogP) is 0.510. The number of rotatable bonds is 4. The van der Waals surface area contributed by atoms with E-state index in [1.54, 1.807) is 0 Å². The average molecular weight is 293 g/mol. The fraction of sp³-hybridized carbons (Fsp3) is 0.250. The number of nitrogens with one attached hydrogen (secondary N) is 2. The van der Waals surface area contributed by atoms with Gasteiger partial charge in [0, 0.05) is 18.2 Å². The van der Waals surface area contributed by atoms with Crippen LogP contribution in [0, 0.1) is 10.1 Å². The number of benzene rings is 1. The van der Waals surface area contributed by atoms with Crippen LogP contribution < -0.4 is 10.6 Å².